The molecule has 1 aromatic carbocycles. The van der Waals surface area contributed by atoms with E-state index in [1.165, 1.54) is 0 Å². The normalized spacial score (nSPS) is 17.8. The largest absolute Gasteiger partial charge is 0.246 e. The first-order valence-electron chi connectivity index (χ1n) is 5.66. The van der Waals surface area contributed by atoms with Crippen LogP contribution in [0.2, 0.25) is 0 Å². The van der Waals surface area contributed by atoms with E-state index in [1.54, 1.807) is 12.1 Å². The number of isocyanates is 1. The third kappa shape index (κ3) is 2.33. The van der Waals surface area contributed by atoms with Crippen LogP contribution in [-0.2, 0) is 17.0 Å². The SMILES string of the molecule is O=C=NC1(c2ccc(CF)c(Br)c2)CCCC1. The highest BCUT2D eigenvalue weighted by atomic mass is 79.9. The van der Waals surface area contributed by atoms with Crippen LogP contribution >= 0.6 is 15.9 Å². The van der Waals surface area contributed by atoms with Crippen LogP contribution in [-0.4, -0.2) is 6.08 Å². The van der Waals surface area contributed by atoms with E-state index in [4.69, 9.17) is 0 Å². The molecule has 0 aliphatic heterocycles. The van der Waals surface area contributed by atoms with Crippen LogP contribution < -0.4 is 0 Å². The number of hydrogen-bond donors (Lipinski definition) is 0. The molecule has 0 bridgehead atoms. The Balaban J connectivity index is 2.44. The smallest absolute Gasteiger partial charge is 0.235 e. The summed E-state index contributed by atoms with van der Waals surface area (Å²) in [5, 5.41) is 0. The number of hydrogen-bond acceptors (Lipinski definition) is 2. The minimum absolute atomic E-state index is 0.431. The molecule has 2 rings (SSSR count). The van der Waals surface area contributed by atoms with Crippen LogP contribution in [0.5, 0.6) is 0 Å². The fraction of sp³-hybridized carbons (Fsp3) is 0.462. The van der Waals surface area contributed by atoms with Gasteiger partial charge in [-0.05, 0) is 30.0 Å². The summed E-state index contributed by atoms with van der Waals surface area (Å²) in [6, 6.07) is 5.49. The van der Waals surface area contributed by atoms with Crippen molar-refractivity contribution in [2.45, 2.75) is 37.9 Å². The van der Waals surface area contributed by atoms with Crippen molar-refractivity contribution in [3.63, 3.8) is 0 Å². The van der Waals surface area contributed by atoms with Gasteiger partial charge in [-0.1, -0.05) is 40.9 Å². The number of halogens is 2. The van der Waals surface area contributed by atoms with Crippen molar-refractivity contribution in [1.29, 1.82) is 0 Å². The number of alkyl halides is 1. The standard InChI is InChI=1S/C13H13BrFNO/c14-12-7-11(4-3-10(12)8-15)13(16-9-17)5-1-2-6-13/h3-4,7H,1-2,5-6,8H2. The van der Waals surface area contributed by atoms with Gasteiger partial charge in [-0.2, -0.15) is 4.99 Å². The summed E-state index contributed by atoms with van der Waals surface area (Å²) in [6.45, 7) is -0.495. The first-order chi connectivity index (χ1) is 8.22. The highest BCUT2D eigenvalue weighted by Crippen LogP contribution is 2.43. The minimum Gasteiger partial charge on any atom is -0.246 e. The molecule has 1 fully saturated rings. The van der Waals surface area contributed by atoms with E-state index in [2.05, 4.69) is 20.9 Å². The van der Waals surface area contributed by atoms with Gasteiger partial charge in [-0.3, -0.25) is 0 Å². The van der Waals surface area contributed by atoms with Crippen LogP contribution in [0.15, 0.2) is 27.7 Å². The van der Waals surface area contributed by atoms with Crippen LogP contribution in [0.1, 0.15) is 36.8 Å². The summed E-state index contributed by atoms with van der Waals surface area (Å²) in [6.07, 6.45) is 5.54. The van der Waals surface area contributed by atoms with Crippen molar-refractivity contribution in [2.24, 2.45) is 4.99 Å². The summed E-state index contributed by atoms with van der Waals surface area (Å²) in [5.74, 6) is 0. The van der Waals surface area contributed by atoms with Gasteiger partial charge in [0.25, 0.3) is 0 Å². The first kappa shape index (κ1) is 12.5. The number of benzene rings is 1. The monoisotopic (exact) mass is 297 g/mol. The van der Waals surface area contributed by atoms with Gasteiger partial charge in [0.05, 0.1) is 5.54 Å². The van der Waals surface area contributed by atoms with E-state index in [0.717, 1.165) is 35.7 Å². The summed E-state index contributed by atoms with van der Waals surface area (Å²) >= 11 is 3.35. The molecule has 0 radical (unpaired) electrons. The summed E-state index contributed by atoms with van der Waals surface area (Å²) in [7, 11) is 0. The van der Waals surface area contributed by atoms with E-state index in [1.807, 2.05) is 12.1 Å². The molecule has 1 saturated carbocycles. The molecule has 1 aromatic rings. The van der Waals surface area contributed by atoms with Gasteiger partial charge in [0, 0.05) is 4.47 Å². The Kier molecular flexibility index (Phi) is 3.75. The topological polar surface area (TPSA) is 29.4 Å². The lowest BCUT2D eigenvalue weighted by molar-refractivity contribution is 0.454. The Morgan fingerprint density at radius 1 is 1.41 bits per heavy atom. The molecule has 0 spiro atoms. The quantitative estimate of drug-likeness (QED) is 0.612. The second kappa shape index (κ2) is 5.11. The average molecular weight is 298 g/mol. The van der Waals surface area contributed by atoms with Crippen molar-refractivity contribution in [3.05, 3.63) is 33.8 Å². The Bertz CT molecular complexity index is 462. The fourth-order valence-electron chi connectivity index (χ4n) is 2.46. The molecule has 0 unspecified atom stereocenters. The molecule has 90 valence electrons. The zero-order chi connectivity index (χ0) is 12.3. The van der Waals surface area contributed by atoms with Crippen LogP contribution in [0.4, 0.5) is 4.39 Å². The molecule has 0 saturated heterocycles. The Morgan fingerprint density at radius 2 is 2.12 bits per heavy atom. The minimum atomic E-state index is -0.495. The third-order valence-corrected chi connectivity index (χ3v) is 4.16. The van der Waals surface area contributed by atoms with Crippen molar-refractivity contribution < 1.29 is 9.18 Å². The Morgan fingerprint density at radius 3 is 2.65 bits per heavy atom. The lowest BCUT2D eigenvalue weighted by Crippen LogP contribution is -2.18. The number of carbonyl (C=O) groups excluding carboxylic acids is 1. The maximum Gasteiger partial charge on any atom is 0.235 e. The molecule has 2 nitrogen and oxygen atoms in total. The third-order valence-electron chi connectivity index (χ3n) is 3.42. The second-order valence-corrected chi connectivity index (χ2v) is 5.24. The van der Waals surface area contributed by atoms with E-state index in [9.17, 15) is 9.18 Å². The lowest BCUT2D eigenvalue weighted by atomic mass is 9.88. The van der Waals surface area contributed by atoms with Gasteiger partial charge >= 0.3 is 0 Å². The van der Waals surface area contributed by atoms with Crippen molar-refractivity contribution in [2.75, 3.05) is 0 Å². The molecule has 4 heteroatoms. The summed E-state index contributed by atoms with van der Waals surface area (Å²) in [5.41, 5.74) is 1.17. The van der Waals surface area contributed by atoms with Crippen LogP contribution in [0.3, 0.4) is 0 Å². The van der Waals surface area contributed by atoms with Crippen LogP contribution in [0, 0.1) is 0 Å². The van der Waals surface area contributed by atoms with E-state index < -0.39 is 12.2 Å². The first-order valence-corrected chi connectivity index (χ1v) is 6.45. The summed E-state index contributed by atoms with van der Waals surface area (Å²) < 4.78 is 13.4. The zero-order valence-corrected chi connectivity index (χ0v) is 11.0. The molecule has 1 aliphatic carbocycles. The van der Waals surface area contributed by atoms with Gasteiger partial charge in [-0.15, -0.1) is 0 Å². The van der Waals surface area contributed by atoms with Crippen molar-refractivity contribution in [3.8, 4) is 0 Å². The van der Waals surface area contributed by atoms with Gasteiger partial charge in [0.2, 0.25) is 6.08 Å². The van der Waals surface area contributed by atoms with E-state index in [0.29, 0.717) is 5.56 Å². The molecule has 0 aromatic heterocycles. The van der Waals surface area contributed by atoms with Gasteiger partial charge in [-0.25, -0.2) is 9.18 Å². The second-order valence-electron chi connectivity index (χ2n) is 4.38. The van der Waals surface area contributed by atoms with Gasteiger partial charge in [0.15, 0.2) is 0 Å². The average Bonchev–Trinajstić information content (AvgIpc) is 2.79. The number of nitrogens with zero attached hydrogens (tertiary/aromatic N) is 1. The van der Waals surface area contributed by atoms with Crippen LogP contribution in [0.25, 0.3) is 0 Å². The number of rotatable bonds is 3. The maximum atomic E-state index is 12.6. The molecule has 17 heavy (non-hydrogen) atoms. The molecule has 0 amide bonds. The van der Waals surface area contributed by atoms with E-state index >= 15 is 0 Å². The Hall–Kier alpha value is -0.990. The highest BCUT2D eigenvalue weighted by molar-refractivity contribution is 9.10. The fourth-order valence-corrected chi connectivity index (χ4v) is 2.94. The molecule has 0 N–H and O–H groups in total. The van der Waals surface area contributed by atoms with E-state index in [-0.39, 0.29) is 0 Å². The van der Waals surface area contributed by atoms with Gasteiger partial charge < -0.3 is 0 Å². The molecular formula is C13H13BrFNO. The zero-order valence-electron chi connectivity index (χ0n) is 9.38. The predicted molar refractivity (Wildman–Crippen MR) is 67.2 cm³/mol. The van der Waals surface area contributed by atoms with Crippen molar-refractivity contribution in [1.82, 2.24) is 0 Å². The lowest BCUT2D eigenvalue weighted by Gasteiger charge is -2.23. The molecular weight excluding hydrogens is 285 g/mol. The van der Waals surface area contributed by atoms with Gasteiger partial charge in [0.1, 0.15) is 6.67 Å². The Labute approximate surface area is 108 Å². The highest BCUT2D eigenvalue weighted by Gasteiger charge is 2.35. The predicted octanol–water partition coefficient (Wildman–Crippen LogP) is 4.02. The molecule has 1 aliphatic rings. The summed E-state index contributed by atoms with van der Waals surface area (Å²) in [4.78, 5) is 14.6. The molecule has 0 atom stereocenters. The number of aliphatic imine (C=N–C) groups is 1. The molecule has 0 heterocycles. The van der Waals surface area contributed by atoms with Crippen molar-refractivity contribution >= 4 is 22.0 Å². The maximum absolute atomic E-state index is 12.6.